The third kappa shape index (κ3) is 4.05. The summed E-state index contributed by atoms with van der Waals surface area (Å²) < 4.78 is 14.5. The van der Waals surface area contributed by atoms with E-state index >= 15 is 0 Å². The van der Waals surface area contributed by atoms with Crippen LogP contribution in [0.25, 0.3) is 10.8 Å². The van der Waals surface area contributed by atoms with Crippen LogP contribution in [0.5, 0.6) is 0 Å². The summed E-state index contributed by atoms with van der Waals surface area (Å²) in [7, 11) is 0. The molecule has 1 atom stereocenters. The first-order chi connectivity index (χ1) is 12.9. The van der Waals surface area contributed by atoms with Crippen molar-refractivity contribution in [2.24, 2.45) is 5.92 Å². The fraction of sp³-hybridized carbons (Fsp3) is 0.286. The number of benzene rings is 2. The SMILES string of the molecule is CC(C)Cn1nc(C(=O)N[C@@H](C)c2ccc(F)cc2)c2ccccc2c1=O. The Morgan fingerprint density at radius 3 is 2.33 bits per heavy atom. The van der Waals surface area contributed by atoms with E-state index in [0.29, 0.717) is 17.3 Å². The maximum Gasteiger partial charge on any atom is 0.274 e. The molecule has 0 radical (unpaired) electrons. The molecular formula is C21H22FN3O2. The molecule has 140 valence electrons. The standard InChI is InChI=1S/C21H22FN3O2/c1-13(2)12-25-21(27)18-7-5-4-6-17(18)19(24-25)20(26)23-14(3)15-8-10-16(22)11-9-15/h4-11,13-14H,12H2,1-3H3,(H,23,26)/t14-/m0/s1. The molecule has 1 N–H and O–H groups in total. The first-order valence-electron chi connectivity index (χ1n) is 8.93. The van der Waals surface area contributed by atoms with E-state index in [4.69, 9.17) is 0 Å². The number of carbonyl (C=O) groups is 1. The van der Waals surface area contributed by atoms with Crippen molar-refractivity contribution < 1.29 is 9.18 Å². The van der Waals surface area contributed by atoms with Crippen LogP contribution in [0.3, 0.4) is 0 Å². The Hall–Kier alpha value is -3.02. The Bertz CT molecular complexity index is 1030. The predicted octanol–water partition coefficient (Wildman–Crippen LogP) is 3.68. The van der Waals surface area contributed by atoms with Crippen LogP contribution in [-0.4, -0.2) is 15.7 Å². The molecule has 6 heteroatoms. The highest BCUT2D eigenvalue weighted by atomic mass is 19.1. The summed E-state index contributed by atoms with van der Waals surface area (Å²) in [6.45, 7) is 6.22. The lowest BCUT2D eigenvalue weighted by Crippen LogP contribution is -2.32. The van der Waals surface area contributed by atoms with E-state index in [-0.39, 0.29) is 34.9 Å². The summed E-state index contributed by atoms with van der Waals surface area (Å²) in [5, 5.41) is 8.20. The van der Waals surface area contributed by atoms with Crippen molar-refractivity contribution in [2.45, 2.75) is 33.4 Å². The Morgan fingerprint density at radius 2 is 1.70 bits per heavy atom. The zero-order valence-corrected chi connectivity index (χ0v) is 15.6. The van der Waals surface area contributed by atoms with E-state index in [1.54, 1.807) is 36.4 Å². The number of hydrogen-bond acceptors (Lipinski definition) is 3. The van der Waals surface area contributed by atoms with Crippen LogP contribution in [-0.2, 0) is 6.54 Å². The molecule has 0 aliphatic carbocycles. The molecule has 0 saturated carbocycles. The normalized spacial score (nSPS) is 12.3. The highest BCUT2D eigenvalue weighted by Crippen LogP contribution is 2.17. The Balaban J connectivity index is 1.99. The third-order valence-corrected chi connectivity index (χ3v) is 4.34. The average Bonchev–Trinajstić information content (AvgIpc) is 2.64. The second-order valence-corrected chi connectivity index (χ2v) is 7.02. The first-order valence-corrected chi connectivity index (χ1v) is 8.93. The topological polar surface area (TPSA) is 64.0 Å². The molecule has 3 rings (SSSR count). The Morgan fingerprint density at radius 1 is 1.07 bits per heavy atom. The summed E-state index contributed by atoms with van der Waals surface area (Å²) in [6.07, 6.45) is 0. The lowest BCUT2D eigenvalue weighted by Gasteiger charge is -2.16. The quantitative estimate of drug-likeness (QED) is 0.748. The average molecular weight is 367 g/mol. The van der Waals surface area contributed by atoms with E-state index in [2.05, 4.69) is 10.4 Å². The van der Waals surface area contributed by atoms with Gasteiger partial charge >= 0.3 is 0 Å². The molecule has 1 heterocycles. The molecule has 0 spiro atoms. The second kappa shape index (κ2) is 7.70. The Kier molecular flexibility index (Phi) is 5.35. The minimum absolute atomic E-state index is 0.206. The molecule has 0 unspecified atom stereocenters. The van der Waals surface area contributed by atoms with Gasteiger partial charge in [-0.15, -0.1) is 0 Å². The molecule has 0 aliphatic heterocycles. The lowest BCUT2D eigenvalue weighted by atomic mass is 10.1. The number of rotatable bonds is 5. The second-order valence-electron chi connectivity index (χ2n) is 7.02. The molecule has 0 fully saturated rings. The van der Waals surface area contributed by atoms with Crippen molar-refractivity contribution in [3.63, 3.8) is 0 Å². The Labute approximate surface area is 156 Å². The van der Waals surface area contributed by atoms with Crippen LogP contribution in [0, 0.1) is 11.7 Å². The van der Waals surface area contributed by atoms with Gasteiger partial charge in [0.1, 0.15) is 5.82 Å². The molecule has 2 aromatic carbocycles. The molecule has 27 heavy (non-hydrogen) atoms. The predicted molar refractivity (Wildman–Crippen MR) is 103 cm³/mol. The molecule has 0 saturated heterocycles. The van der Waals surface area contributed by atoms with Crippen LogP contribution < -0.4 is 10.9 Å². The van der Waals surface area contributed by atoms with Gasteiger partial charge in [-0.05, 0) is 36.6 Å². The molecule has 0 bridgehead atoms. The smallest absolute Gasteiger partial charge is 0.274 e. The summed E-state index contributed by atoms with van der Waals surface area (Å²) in [5.74, 6) is -0.489. The van der Waals surface area contributed by atoms with Crippen LogP contribution in [0.2, 0.25) is 0 Å². The van der Waals surface area contributed by atoms with Gasteiger partial charge in [-0.1, -0.05) is 44.2 Å². The van der Waals surface area contributed by atoms with Crippen LogP contribution in [0.4, 0.5) is 4.39 Å². The number of nitrogens with zero attached hydrogens (tertiary/aromatic N) is 2. The number of carbonyl (C=O) groups excluding carboxylic acids is 1. The molecule has 1 aromatic heterocycles. The number of aromatic nitrogens is 2. The highest BCUT2D eigenvalue weighted by molar-refractivity contribution is 6.04. The van der Waals surface area contributed by atoms with Gasteiger partial charge in [0, 0.05) is 11.9 Å². The molecule has 1 amide bonds. The van der Waals surface area contributed by atoms with E-state index in [1.807, 2.05) is 20.8 Å². The third-order valence-electron chi connectivity index (χ3n) is 4.34. The van der Waals surface area contributed by atoms with Gasteiger partial charge in [-0.3, -0.25) is 9.59 Å². The number of halogens is 1. The molecule has 5 nitrogen and oxygen atoms in total. The zero-order chi connectivity index (χ0) is 19.6. The van der Waals surface area contributed by atoms with Crippen molar-refractivity contribution in [2.75, 3.05) is 0 Å². The fourth-order valence-corrected chi connectivity index (χ4v) is 2.97. The number of hydrogen-bond donors (Lipinski definition) is 1. The molecular weight excluding hydrogens is 345 g/mol. The van der Waals surface area contributed by atoms with Gasteiger partial charge in [-0.2, -0.15) is 5.10 Å². The van der Waals surface area contributed by atoms with Gasteiger partial charge in [0.2, 0.25) is 0 Å². The highest BCUT2D eigenvalue weighted by Gasteiger charge is 2.19. The van der Waals surface area contributed by atoms with Crippen molar-refractivity contribution in [3.8, 4) is 0 Å². The zero-order valence-electron chi connectivity index (χ0n) is 15.6. The first kappa shape index (κ1) is 18.8. The van der Waals surface area contributed by atoms with E-state index < -0.39 is 0 Å². The molecule has 3 aromatic rings. The van der Waals surface area contributed by atoms with Crippen LogP contribution >= 0.6 is 0 Å². The van der Waals surface area contributed by atoms with Gasteiger partial charge < -0.3 is 5.32 Å². The van der Waals surface area contributed by atoms with Crippen molar-refractivity contribution in [3.05, 3.63) is 76.0 Å². The number of amides is 1. The minimum atomic E-state index is -0.375. The van der Waals surface area contributed by atoms with E-state index in [1.165, 1.54) is 16.8 Å². The van der Waals surface area contributed by atoms with Crippen LogP contribution in [0.15, 0.2) is 53.3 Å². The number of fused-ring (bicyclic) bond motifs is 1. The minimum Gasteiger partial charge on any atom is -0.344 e. The summed E-state index contributed by atoms with van der Waals surface area (Å²) in [5.41, 5.74) is 0.784. The maximum atomic E-state index is 13.1. The van der Waals surface area contributed by atoms with E-state index in [9.17, 15) is 14.0 Å². The van der Waals surface area contributed by atoms with Crippen molar-refractivity contribution in [1.82, 2.24) is 15.1 Å². The summed E-state index contributed by atoms with van der Waals surface area (Å²) in [6, 6.07) is 12.6. The maximum absolute atomic E-state index is 13.1. The molecule has 0 aliphatic rings. The van der Waals surface area contributed by atoms with Gasteiger partial charge in [-0.25, -0.2) is 9.07 Å². The van der Waals surface area contributed by atoms with Gasteiger partial charge in [0.25, 0.3) is 11.5 Å². The lowest BCUT2D eigenvalue weighted by molar-refractivity contribution is 0.0934. The monoisotopic (exact) mass is 367 g/mol. The van der Waals surface area contributed by atoms with Gasteiger partial charge in [0.05, 0.1) is 11.4 Å². The van der Waals surface area contributed by atoms with Gasteiger partial charge in [0.15, 0.2) is 5.69 Å². The fourth-order valence-electron chi connectivity index (χ4n) is 2.97. The summed E-state index contributed by atoms with van der Waals surface area (Å²) in [4.78, 5) is 25.5. The number of nitrogens with one attached hydrogen (secondary N) is 1. The van der Waals surface area contributed by atoms with Crippen LogP contribution in [0.1, 0.15) is 42.9 Å². The van der Waals surface area contributed by atoms with Crippen molar-refractivity contribution >= 4 is 16.7 Å². The van der Waals surface area contributed by atoms with E-state index in [0.717, 1.165) is 5.56 Å². The summed E-state index contributed by atoms with van der Waals surface area (Å²) >= 11 is 0. The van der Waals surface area contributed by atoms with Crippen molar-refractivity contribution in [1.29, 1.82) is 0 Å². The largest absolute Gasteiger partial charge is 0.344 e.